The van der Waals surface area contributed by atoms with Gasteiger partial charge in [0.1, 0.15) is 0 Å². The van der Waals surface area contributed by atoms with Crippen molar-refractivity contribution in [2.75, 3.05) is 0 Å². The topological polar surface area (TPSA) is 26.0 Å². The molecule has 1 atom stereocenters. The van der Waals surface area contributed by atoms with E-state index < -0.39 is 0 Å². The molecule has 2 aromatic carbocycles. The first-order valence-electron chi connectivity index (χ1n) is 6.87. The fourth-order valence-electron chi connectivity index (χ4n) is 2.90. The van der Waals surface area contributed by atoms with Crippen LogP contribution in [0.3, 0.4) is 0 Å². The number of nitrogens with two attached hydrogens (primary N) is 1. The quantitative estimate of drug-likeness (QED) is 0.849. The van der Waals surface area contributed by atoms with Gasteiger partial charge in [-0.25, -0.2) is 0 Å². The van der Waals surface area contributed by atoms with Gasteiger partial charge in [0.2, 0.25) is 0 Å². The third-order valence-electron chi connectivity index (χ3n) is 4.30. The van der Waals surface area contributed by atoms with Crippen LogP contribution >= 0.6 is 27.5 Å². The Bertz CT molecular complexity index is 608. The van der Waals surface area contributed by atoms with Crippen molar-refractivity contribution in [1.29, 1.82) is 0 Å². The summed E-state index contributed by atoms with van der Waals surface area (Å²) in [5, 5.41) is 0.790. The highest BCUT2D eigenvalue weighted by molar-refractivity contribution is 9.10. The maximum atomic E-state index is 6.51. The molecule has 1 unspecified atom stereocenters. The third-order valence-corrected chi connectivity index (χ3v) is 5.15. The molecule has 0 aliphatic heterocycles. The van der Waals surface area contributed by atoms with Crippen LogP contribution < -0.4 is 5.73 Å². The lowest BCUT2D eigenvalue weighted by Gasteiger charge is -2.24. The van der Waals surface area contributed by atoms with E-state index in [1.54, 1.807) is 0 Å². The smallest absolute Gasteiger partial charge is 0.0449 e. The summed E-state index contributed by atoms with van der Waals surface area (Å²) >= 11 is 9.74. The first-order valence-corrected chi connectivity index (χ1v) is 8.04. The minimum atomic E-state index is 0.114. The summed E-state index contributed by atoms with van der Waals surface area (Å²) in [6.07, 6.45) is 3.17. The number of rotatable bonds is 4. The van der Waals surface area contributed by atoms with E-state index in [1.165, 1.54) is 18.4 Å². The molecular formula is C17H17BrClN. The van der Waals surface area contributed by atoms with Crippen molar-refractivity contribution in [2.24, 2.45) is 5.73 Å². The lowest BCUT2D eigenvalue weighted by Crippen LogP contribution is -2.36. The van der Waals surface area contributed by atoms with E-state index in [9.17, 15) is 0 Å². The van der Waals surface area contributed by atoms with Crippen LogP contribution in [0.25, 0.3) is 0 Å². The summed E-state index contributed by atoms with van der Waals surface area (Å²) < 4.78 is 1.00. The van der Waals surface area contributed by atoms with Crippen molar-refractivity contribution in [3.05, 3.63) is 69.2 Å². The molecule has 1 saturated carbocycles. The van der Waals surface area contributed by atoms with Gasteiger partial charge in [0, 0.05) is 21.0 Å². The van der Waals surface area contributed by atoms with Crippen molar-refractivity contribution in [1.82, 2.24) is 0 Å². The van der Waals surface area contributed by atoms with E-state index in [0.717, 1.165) is 21.5 Å². The van der Waals surface area contributed by atoms with Gasteiger partial charge in [0.05, 0.1) is 0 Å². The molecule has 0 radical (unpaired) electrons. The second-order valence-electron chi connectivity index (χ2n) is 5.57. The second-order valence-corrected chi connectivity index (χ2v) is 6.89. The van der Waals surface area contributed by atoms with Crippen LogP contribution in [0.4, 0.5) is 0 Å². The largest absolute Gasteiger partial charge is 0.327 e. The molecule has 2 aromatic rings. The van der Waals surface area contributed by atoms with Crippen LogP contribution in [0.1, 0.15) is 24.0 Å². The van der Waals surface area contributed by atoms with E-state index in [2.05, 4.69) is 52.3 Å². The zero-order chi connectivity index (χ0) is 14.2. The molecule has 3 heteroatoms. The summed E-state index contributed by atoms with van der Waals surface area (Å²) in [5.74, 6) is 0. The zero-order valence-electron chi connectivity index (χ0n) is 11.2. The van der Waals surface area contributed by atoms with E-state index in [0.29, 0.717) is 0 Å². The number of halogens is 2. The normalized spacial score (nSPS) is 17.8. The monoisotopic (exact) mass is 349 g/mol. The number of benzene rings is 2. The molecule has 20 heavy (non-hydrogen) atoms. The average molecular weight is 351 g/mol. The molecule has 0 amide bonds. The Kier molecular flexibility index (Phi) is 3.89. The molecule has 1 aliphatic rings. The zero-order valence-corrected chi connectivity index (χ0v) is 13.5. The van der Waals surface area contributed by atoms with Crippen molar-refractivity contribution in [2.45, 2.75) is 30.7 Å². The van der Waals surface area contributed by atoms with Gasteiger partial charge >= 0.3 is 0 Å². The number of hydrogen-bond acceptors (Lipinski definition) is 1. The van der Waals surface area contributed by atoms with E-state index in [1.807, 2.05) is 12.1 Å². The molecule has 0 saturated heterocycles. The van der Waals surface area contributed by atoms with Gasteiger partial charge in [0.25, 0.3) is 0 Å². The fourth-order valence-corrected chi connectivity index (χ4v) is 3.65. The van der Waals surface area contributed by atoms with Crippen molar-refractivity contribution in [3.8, 4) is 0 Å². The minimum Gasteiger partial charge on any atom is -0.327 e. The Balaban J connectivity index is 1.81. The lowest BCUT2D eigenvalue weighted by molar-refractivity contribution is 0.514. The summed E-state index contributed by atoms with van der Waals surface area (Å²) in [6, 6.07) is 16.8. The standard InChI is InChI=1S/C17H17BrClN/c18-14-7-6-12(15(19)11-14)10-16(20)17(8-9-17)13-4-2-1-3-5-13/h1-7,11,16H,8-10,20H2. The van der Waals surface area contributed by atoms with Crippen LogP contribution in [-0.4, -0.2) is 6.04 Å². The molecule has 104 valence electrons. The van der Waals surface area contributed by atoms with Crippen LogP contribution in [0.15, 0.2) is 53.0 Å². The van der Waals surface area contributed by atoms with Crippen LogP contribution in [0.5, 0.6) is 0 Å². The summed E-state index contributed by atoms with van der Waals surface area (Å²) in [7, 11) is 0. The predicted octanol–water partition coefficient (Wildman–Crippen LogP) is 4.70. The molecule has 1 nitrogen and oxygen atoms in total. The van der Waals surface area contributed by atoms with Crippen LogP contribution in [-0.2, 0) is 11.8 Å². The Morgan fingerprint density at radius 1 is 1.15 bits per heavy atom. The maximum absolute atomic E-state index is 6.51. The van der Waals surface area contributed by atoms with Crippen molar-refractivity contribution >= 4 is 27.5 Å². The Hall–Kier alpha value is -0.830. The highest BCUT2D eigenvalue weighted by atomic mass is 79.9. The van der Waals surface area contributed by atoms with Gasteiger partial charge in [-0.1, -0.05) is 63.9 Å². The summed E-state index contributed by atoms with van der Waals surface area (Å²) in [5.41, 5.74) is 9.16. The fraction of sp³-hybridized carbons (Fsp3) is 0.294. The first kappa shape index (κ1) is 14.1. The van der Waals surface area contributed by atoms with Gasteiger partial charge in [-0.3, -0.25) is 0 Å². The third kappa shape index (κ3) is 2.65. The van der Waals surface area contributed by atoms with Crippen molar-refractivity contribution < 1.29 is 0 Å². The van der Waals surface area contributed by atoms with Gasteiger partial charge in [-0.05, 0) is 42.5 Å². The highest BCUT2D eigenvalue weighted by Crippen LogP contribution is 2.51. The van der Waals surface area contributed by atoms with Crippen LogP contribution in [0.2, 0.25) is 5.02 Å². The molecule has 0 spiro atoms. The Labute approximate surface area is 133 Å². The van der Waals surface area contributed by atoms with Gasteiger partial charge in [0.15, 0.2) is 0 Å². The summed E-state index contributed by atoms with van der Waals surface area (Å²) in [6.45, 7) is 0. The molecule has 0 heterocycles. The molecule has 1 fully saturated rings. The van der Waals surface area contributed by atoms with Gasteiger partial charge in [-0.2, -0.15) is 0 Å². The molecule has 0 bridgehead atoms. The van der Waals surface area contributed by atoms with E-state index in [-0.39, 0.29) is 11.5 Å². The predicted molar refractivity (Wildman–Crippen MR) is 88.2 cm³/mol. The average Bonchev–Trinajstić information content (AvgIpc) is 3.24. The van der Waals surface area contributed by atoms with Gasteiger partial charge in [-0.15, -0.1) is 0 Å². The van der Waals surface area contributed by atoms with E-state index >= 15 is 0 Å². The molecule has 3 rings (SSSR count). The molecular weight excluding hydrogens is 334 g/mol. The molecule has 1 aliphatic carbocycles. The summed E-state index contributed by atoms with van der Waals surface area (Å²) in [4.78, 5) is 0. The molecule has 0 aromatic heterocycles. The lowest BCUT2D eigenvalue weighted by atomic mass is 9.85. The van der Waals surface area contributed by atoms with Crippen LogP contribution in [0, 0.1) is 0 Å². The maximum Gasteiger partial charge on any atom is 0.0449 e. The second kappa shape index (κ2) is 5.51. The highest BCUT2D eigenvalue weighted by Gasteiger charge is 2.48. The van der Waals surface area contributed by atoms with E-state index in [4.69, 9.17) is 17.3 Å². The van der Waals surface area contributed by atoms with Gasteiger partial charge < -0.3 is 5.73 Å². The first-order chi connectivity index (χ1) is 9.62. The Morgan fingerprint density at radius 3 is 2.45 bits per heavy atom. The minimum absolute atomic E-state index is 0.114. The SMILES string of the molecule is NC(Cc1ccc(Br)cc1Cl)C1(c2ccccc2)CC1. The Morgan fingerprint density at radius 2 is 1.85 bits per heavy atom. The number of hydrogen-bond donors (Lipinski definition) is 1. The van der Waals surface area contributed by atoms with Crippen molar-refractivity contribution in [3.63, 3.8) is 0 Å². The molecule has 2 N–H and O–H groups in total.